The molecule has 0 radical (unpaired) electrons. The number of aromatic nitrogens is 8. The van der Waals surface area contributed by atoms with Gasteiger partial charge in [-0.25, -0.2) is 19.9 Å². The fourth-order valence-corrected chi connectivity index (χ4v) is 13.6. The summed E-state index contributed by atoms with van der Waals surface area (Å²) in [4.78, 5) is 104. The fraction of sp³-hybridized carbons (Fsp3) is 0.378. The van der Waals surface area contributed by atoms with Crippen molar-refractivity contribution in [1.29, 1.82) is 0 Å². The third kappa shape index (κ3) is 15.3. The predicted molar refractivity (Wildman–Crippen MR) is 377 cm³/mol. The van der Waals surface area contributed by atoms with Crippen LogP contribution in [-0.4, -0.2) is 137 Å². The highest BCUT2D eigenvalue weighted by molar-refractivity contribution is 5.99. The van der Waals surface area contributed by atoms with Crippen molar-refractivity contribution in [3.05, 3.63) is 139 Å². The minimum absolute atomic E-state index is 0.121. The lowest BCUT2D eigenvalue weighted by atomic mass is 9.99. The average Bonchev–Trinajstić information content (AvgIpc) is 1.62. The minimum atomic E-state index is -1.08. The molecule has 516 valence electrons. The van der Waals surface area contributed by atoms with Gasteiger partial charge < -0.3 is 71.5 Å². The molecule has 10 heterocycles. The number of hydrogen-bond acceptors (Lipinski definition) is 14. The van der Waals surface area contributed by atoms with E-state index in [0.29, 0.717) is 101 Å². The summed E-state index contributed by atoms with van der Waals surface area (Å²) in [5.74, 6) is -5.08. The van der Waals surface area contributed by atoms with Crippen LogP contribution in [0.5, 0.6) is 0 Å². The molecule has 6 aromatic heterocycles. The van der Waals surface area contributed by atoms with E-state index in [1.165, 1.54) is 7.05 Å². The third-order valence-electron chi connectivity index (χ3n) is 19.0. The van der Waals surface area contributed by atoms with Crippen molar-refractivity contribution in [2.24, 2.45) is 5.73 Å². The lowest BCUT2D eigenvalue weighted by Gasteiger charge is -2.22. The number of nitrogens with one attached hydrogen (secondary N) is 5. The topological polar surface area (TPSA) is 406 Å². The summed E-state index contributed by atoms with van der Waals surface area (Å²) in [6.45, 7) is 22.9. The monoisotopic (exact) mass is 1340 g/mol. The number of nitrogens with two attached hydrogens (primary N) is 1. The van der Waals surface area contributed by atoms with E-state index in [1.807, 2.05) is 118 Å². The highest BCUT2D eigenvalue weighted by Crippen LogP contribution is 2.43. The zero-order valence-corrected chi connectivity index (χ0v) is 57.4. The van der Waals surface area contributed by atoms with E-state index in [1.54, 1.807) is 13.8 Å². The quantitative estimate of drug-likeness (QED) is 0.0300. The highest BCUT2D eigenvalue weighted by Gasteiger charge is 2.30. The molecule has 0 aromatic carbocycles. The molecule has 0 fully saturated rings. The van der Waals surface area contributed by atoms with Crippen LogP contribution in [-0.2, 0) is 46.3 Å². The molecule has 4 aliphatic rings. The zero-order chi connectivity index (χ0) is 71.6. The Bertz CT molecular complexity index is 4780. The molecule has 24 heteroatoms. The Morgan fingerprint density at radius 2 is 0.776 bits per heavy atom. The molecular weight excluding hydrogens is 1250 g/mol. The summed E-state index contributed by atoms with van der Waals surface area (Å²) < 4.78 is 7.26. The number of aliphatic hydroxyl groups excluding tert-OH is 2. The first kappa shape index (κ1) is 72.1. The van der Waals surface area contributed by atoms with Crippen LogP contribution >= 0.6 is 0 Å². The second kappa shape index (κ2) is 29.7. The van der Waals surface area contributed by atoms with Crippen molar-refractivity contribution in [2.45, 2.75) is 178 Å². The lowest BCUT2D eigenvalue weighted by molar-refractivity contribution is -0.139. The normalized spacial score (nSPS) is 14.7. The Morgan fingerprint density at radius 3 is 1.19 bits per heavy atom. The number of amides is 1. The van der Waals surface area contributed by atoms with Crippen LogP contribution in [0.25, 0.3) is 88.7 Å². The first-order valence-corrected chi connectivity index (χ1v) is 32.7. The van der Waals surface area contributed by atoms with Gasteiger partial charge in [-0.2, -0.15) is 0 Å². The molecule has 98 heavy (non-hydrogen) atoms. The van der Waals surface area contributed by atoms with Gasteiger partial charge in [0, 0.05) is 106 Å². The van der Waals surface area contributed by atoms with Crippen LogP contribution in [0.15, 0.2) is 48.5 Å². The number of aryl methyl sites for hydroxylation is 6. The van der Waals surface area contributed by atoms with E-state index < -0.39 is 60.3 Å². The minimum Gasteiger partial charge on any atom is -0.481 e. The maximum Gasteiger partial charge on any atom is 0.320 e. The zero-order valence-electron chi connectivity index (χ0n) is 57.4. The highest BCUT2D eigenvalue weighted by atomic mass is 16.5. The Morgan fingerprint density at radius 1 is 0.429 bits per heavy atom. The molecule has 10 rings (SSSR count). The molecule has 0 saturated heterocycles. The fourth-order valence-electron chi connectivity index (χ4n) is 13.6. The molecular formula is C74H86N10O14. The van der Waals surface area contributed by atoms with Crippen molar-refractivity contribution in [3.8, 4) is 0 Å². The van der Waals surface area contributed by atoms with Crippen molar-refractivity contribution in [3.63, 3.8) is 0 Å². The molecule has 0 saturated carbocycles. The molecule has 16 bridgehead atoms. The number of aromatic amines is 4. The predicted octanol–water partition coefficient (Wildman–Crippen LogP) is 12.2. The van der Waals surface area contributed by atoms with Crippen LogP contribution in [0.3, 0.4) is 0 Å². The van der Waals surface area contributed by atoms with Gasteiger partial charge >= 0.3 is 29.8 Å². The van der Waals surface area contributed by atoms with Gasteiger partial charge in [-0.1, -0.05) is 0 Å². The standard InChI is InChI=1S/C68H74N8O11.C6H12N2O3/c1-29-41(13-17-61(79)80)53-28-56-44(16-20-64(85)86)32(4)48(72-56)24-59-68(36(8)52(76-59)25-58-65(37(9)77)33(5)49(73-58)21-45(29)69-53)40(12)87-39(11)67-35(7)50-22-46-30(2)42(14-18-62(81)82)54(70-46)27-55-43(15-19-63(83)84)31(3)47(71-55)23-57-66(38(10)78)34(6)51(74-57)26-60(67)75-50;1-8-5(9)3-2-4(7)6(10)11/h21-28,37-40,71-73,75,77-78H,13-20H2,1-12H3,(H,79,80)(H,81,82)(H,83,84)(H,85,86);4H,2-3,7H2,1H3,(H,8,9)(H,10,11). The van der Waals surface area contributed by atoms with Crippen LogP contribution < -0.4 is 11.1 Å². The second-order valence-electron chi connectivity index (χ2n) is 25.6. The molecule has 0 spiro atoms. The number of carboxylic acids is 5. The number of allylic oxidation sites excluding steroid dienone is 6. The SMILES string of the molecule is CC1=C(CCC(=O)O)c2cc3[nH]c(cc4nc(cc5[nH]c(cc1n2)c(C)c5C(C)OC(C)C1=C(C)c2cc5[nH]c(cc6nc(cc7[nH]c(cc1n2)c(C)c7CCC(=O)O)C(CCC(=O)O)=C6C)c(C)c5C(C)O)C(C)=C4C(C)O)c(C)c3CCC(=O)O.CNC(=O)CCC(N)C(=O)O. The summed E-state index contributed by atoms with van der Waals surface area (Å²) in [5.41, 5.74) is 27.6. The van der Waals surface area contributed by atoms with Gasteiger partial charge in [0.25, 0.3) is 0 Å². The maximum absolute atomic E-state index is 12.2. The summed E-state index contributed by atoms with van der Waals surface area (Å²) in [5, 5.41) is 72.9. The van der Waals surface area contributed by atoms with Gasteiger partial charge in [0.05, 0.1) is 70.0 Å². The first-order chi connectivity index (χ1) is 46.3. The smallest absolute Gasteiger partial charge is 0.320 e. The average molecular weight is 1340 g/mol. The van der Waals surface area contributed by atoms with Crippen molar-refractivity contribution in [1.82, 2.24) is 45.2 Å². The number of rotatable bonds is 22. The van der Waals surface area contributed by atoms with Gasteiger partial charge in [-0.3, -0.25) is 28.8 Å². The van der Waals surface area contributed by atoms with Crippen LogP contribution in [0.4, 0.5) is 0 Å². The second-order valence-corrected chi connectivity index (χ2v) is 25.6. The molecule has 5 atom stereocenters. The van der Waals surface area contributed by atoms with Crippen molar-refractivity contribution in [2.75, 3.05) is 7.05 Å². The van der Waals surface area contributed by atoms with Crippen molar-refractivity contribution < 1.29 is 69.2 Å². The van der Waals surface area contributed by atoms with Crippen LogP contribution in [0.1, 0.15) is 209 Å². The van der Waals surface area contributed by atoms with E-state index >= 15 is 0 Å². The summed E-state index contributed by atoms with van der Waals surface area (Å²) in [6, 6.07) is 14.4. The molecule has 5 unspecified atom stereocenters. The molecule has 1 amide bonds. The third-order valence-corrected chi connectivity index (χ3v) is 19.0. The molecule has 4 aliphatic heterocycles. The number of carbonyl (C=O) groups excluding carboxylic acids is 1. The Labute approximate surface area is 565 Å². The van der Waals surface area contributed by atoms with Crippen LogP contribution in [0.2, 0.25) is 0 Å². The number of carbonyl (C=O) groups is 6. The van der Waals surface area contributed by atoms with Crippen molar-refractivity contribution >= 4 is 124 Å². The maximum atomic E-state index is 12.2. The number of nitrogens with zero attached hydrogens (tertiary/aromatic N) is 4. The van der Waals surface area contributed by atoms with Gasteiger partial charge in [0.1, 0.15) is 6.04 Å². The molecule has 0 aliphatic carbocycles. The van der Waals surface area contributed by atoms with Crippen LogP contribution in [0, 0.1) is 27.7 Å². The van der Waals surface area contributed by atoms with E-state index in [2.05, 4.69) is 25.3 Å². The summed E-state index contributed by atoms with van der Waals surface area (Å²) in [6.07, 6.45) is -2.39. The summed E-state index contributed by atoms with van der Waals surface area (Å²) in [7, 11) is 1.49. The van der Waals surface area contributed by atoms with E-state index in [4.69, 9.17) is 35.5 Å². The number of carboxylic acid groups (broad SMARTS) is 5. The number of H-pyrrole nitrogens is 4. The number of aliphatic hydroxyl groups is 2. The van der Waals surface area contributed by atoms with Gasteiger partial charge in [0.2, 0.25) is 5.91 Å². The molecule has 6 aromatic rings. The van der Waals surface area contributed by atoms with Gasteiger partial charge in [0.15, 0.2) is 0 Å². The van der Waals surface area contributed by atoms with E-state index in [-0.39, 0.29) is 70.1 Å². The lowest BCUT2D eigenvalue weighted by Crippen LogP contribution is -2.31. The largest absolute Gasteiger partial charge is 0.481 e. The number of fused-ring (bicyclic) bond motifs is 16. The van der Waals surface area contributed by atoms with Gasteiger partial charge in [-0.15, -0.1) is 0 Å². The first-order valence-electron chi connectivity index (χ1n) is 32.7. The Kier molecular flexibility index (Phi) is 21.9. The number of aliphatic carboxylic acids is 5. The Hall–Kier alpha value is -10.1. The number of hydrogen-bond donors (Lipinski definition) is 13. The van der Waals surface area contributed by atoms with E-state index in [9.17, 15) is 59.4 Å². The van der Waals surface area contributed by atoms with E-state index in [0.717, 1.165) is 78.0 Å². The molecule has 14 N–H and O–H groups in total. The molecule has 24 nitrogen and oxygen atoms in total. The Balaban J connectivity index is 0.000000937. The summed E-state index contributed by atoms with van der Waals surface area (Å²) >= 11 is 0. The van der Waals surface area contributed by atoms with Gasteiger partial charge in [-0.05, 0) is 231 Å². The number of ether oxygens (including phenoxy) is 1.